The van der Waals surface area contributed by atoms with Gasteiger partial charge in [-0.3, -0.25) is 4.79 Å². The van der Waals surface area contributed by atoms with Gasteiger partial charge in [-0.15, -0.1) is 20.4 Å². The molecular weight excluding hydrogens is 330 g/mol. The van der Waals surface area contributed by atoms with Crippen LogP contribution in [0.2, 0.25) is 0 Å². The molecule has 0 radical (unpaired) electrons. The van der Waals surface area contributed by atoms with Crippen molar-refractivity contribution in [2.24, 2.45) is 0 Å². The molecule has 0 atom stereocenters. The Kier molecular flexibility index (Phi) is 7.12. The third-order valence-electron chi connectivity index (χ3n) is 1.86. The van der Waals surface area contributed by atoms with Crippen LogP contribution in [-0.2, 0) is 4.74 Å². The monoisotopic (exact) mass is 345 g/mol. The first-order chi connectivity index (χ1) is 10.5. The van der Waals surface area contributed by atoms with E-state index in [1.165, 1.54) is 0 Å². The molecule has 0 fully saturated rings. The van der Waals surface area contributed by atoms with Crippen molar-refractivity contribution in [2.75, 3.05) is 24.6 Å². The molecule has 2 rings (SSSR count). The number of hydrogen-bond acceptors (Lipinski definition) is 11. The van der Waals surface area contributed by atoms with Crippen LogP contribution in [0, 0.1) is 0 Å². The Balaban J connectivity index is 0.000000220. The number of carbonyl (C=O) groups is 2. The van der Waals surface area contributed by atoms with Gasteiger partial charge in [-0.2, -0.15) is 0 Å². The summed E-state index contributed by atoms with van der Waals surface area (Å²) in [6, 6.07) is 0. The topological polar surface area (TPSA) is 159 Å². The molecule has 12 heteroatoms. The fourth-order valence-corrected chi connectivity index (χ4v) is 2.10. The zero-order chi connectivity index (χ0) is 16.5. The Hall–Kier alpha value is -2.34. The number of nitrogens with two attached hydrogens (primary N) is 2. The van der Waals surface area contributed by atoms with E-state index in [-0.39, 0.29) is 16.0 Å². The lowest BCUT2D eigenvalue weighted by atomic mass is 10.6. The summed E-state index contributed by atoms with van der Waals surface area (Å²) in [6.45, 7) is 4.47. The van der Waals surface area contributed by atoms with Gasteiger partial charge >= 0.3 is 5.97 Å². The number of anilines is 2. The molecule has 120 valence electrons. The lowest BCUT2D eigenvalue weighted by molar-refractivity contribution is 0.0525. The van der Waals surface area contributed by atoms with E-state index in [4.69, 9.17) is 11.5 Å². The van der Waals surface area contributed by atoms with E-state index in [1.807, 2.05) is 6.92 Å². The van der Waals surface area contributed by atoms with Gasteiger partial charge in [0.25, 0.3) is 5.91 Å². The van der Waals surface area contributed by atoms with Gasteiger partial charge < -0.3 is 21.5 Å². The Labute approximate surface area is 133 Å². The third kappa shape index (κ3) is 5.57. The molecule has 1 amide bonds. The van der Waals surface area contributed by atoms with E-state index < -0.39 is 5.97 Å². The SMILES string of the molecule is CCNC(=O)c1nnc(N)s1.CCOC(=O)c1nnc(N)s1. The minimum Gasteiger partial charge on any atom is -0.461 e. The van der Waals surface area contributed by atoms with E-state index in [9.17, 15) is 9.59 Å². The van der Waals surface area contributed by atoms with Crippen LogP contribution in [-0.4, -0.2) is 45.4 Å². The highest BCUT2D eigenvalue weighted by Gasteiger charge is 2.11. The number of carbonyl (C=O) groups excluding carboxylic acids is 2. The molecular formula is C10H15N7O3S2. The first-order valence-electron chi connectivity index (χ1n) is 6.11. The first kappa shape index (κ1) is 17.7. The fraction of sp³-hybridized carbons (Fsp3) is 0.400. The van der Waals surface area contributed by atoms with Crippen LogP contribution in [0.15, 0.2) is 0 Å². The second kappa shape index (κ2) is 8.84. The standard InChI is InChI=1S/C5H8N4OS.C5H7N3O2S/c1-2-7-3(10)4-8-9-5(6)11-4;1-2-10-4(9)3-7-8-5(6)11-3/h2H2,1H3,(H2,6,9)(H,7,10);2H2,1H3,(H2,6,8). The minimum atomic E-state index is -0.471. The summed E-state index contributed by atoms with van der Waals surface area (Å²) in [6.07, 6.45) is 0. The van der Waals surface area contributed by atoms with Crippen LogP contribution in [0.1, 0.15) is 33.5 Å². The zero-order valence-electron chi connectivity index (χ0n) is 11.9. The predicted octanol–water partition coefficient (Wildman–Crippen LogP) is 0.167. The number of nitrogens with zero attached hydrogens (tertiary/aromatic N) is 4. The van der Waals surface area contributed by atoms with Gasteiger partial charge in [-0.1, -0.05) is 22.7 Å². The summed E-state index contributed by atoms with van der Waals surface area (Å²) in [5.41, 5.74) is 10.5. The van der Waals surface area contributed by atoms with Crippen molar-refractivity contribution < 1.29 is 14.3 Å². The molecule has 2 aromatic rings. The minimum absolute atomic E-state index is 0.198. The zero-order valence-corrected chi connectivity index (χ0v) is 13.5. The lowest BCUT2D eigenvalue weighted by Gasteiger charge is -1.93. The van der Waals surface area contributed by atoms with Crippen molar-refractivity contribution in [2.45, 2.75) is 13.8 Å². The average Bonchev–Trinajstić information content (AvgIpc) is 3.09. The van der Waals surface area contributed by atoms with Crippen molar-refractivity contribution in [1.29, 1.82) is 0 Å². The molecule has 0 saturated heterocycles. The lowest BCUT2D eigenvalue weighted by Crippen LogP contribution is -2.22. The molecule has 0 aliphatic carbocycles. The van der Waals surface area contributed by atoms with Crippen molar-refractivity contribution >= 4 is 44.8 Å². The van der Waals surface area contributed by atoms with Crippen molar-refractivity contribution in [3.8, 4) is 0 Å². The molecule has 10 nitrogen and oxygen atoms in total. The number of rotatable bonds is 4. The molecule has 22 heavy (non-hydrogen) atoms. The van der Waals surface area contributed by atoms with Gasteiger partial charge in [0.1, 0.15) is 0 Å². The van der Waals surface area contributed by atoms with Crippen LogP contribution in [0.4, 0.5) is 10.3 Å². The van der Waals surface area contributed by atoms with E-state index in [0.717, 1.165) is 22.7 Å². The number of ether oxygens (including phenoxy) is 1. The smallest absolute Gasteiger partial charge is 0.369 e. The highest BCUT2D eigenvalue weighted by atomic mass is 32.1. The summed E-state index contributed by atoms with van der Waals surface area (Å²) < 4.78 is 4.65. The number of aromatic nitrogens is 4. The summed E-state index contributed by atoms with van der Waals surface area (Å²) >= 11 is 2.10. The van der Waals surface area contributed by atoms with Gasteiger partial charge in [-0.25, -0.2) is 4.79 Å². The third-order valence-corrected chi connectivity index (χ3v) is 3.35. The molecule has 2 aromatic heterocycles. The van der Waals surface area contributed by atoms with Gasteiger partial charge in [0.05, 0.1) is 6.61 Å². The van der Waals surface area contributed by atoms with Gasteiger partial charge in [-0.05, 0) is 13.8 Å². The number of nitrogens with one attached hydrogen (secondary N) is 1. The van der Waals surface area contributed by atoms with Crippen LogP contribution in [0.3, 0.4) is 0 Å². The average molecular weight is 345 g/mol. The molecule has 0 bridgehead atoms. The van der Waals surface area contributed by atoms with Crippen molar-refractivity contribution in [1.82, 2.24) is 25.7 Å². The summed E-state index contributed by atoms with van der Waals surface area (Å²) in [4.78, 5) is 21.9. The predicted molar refractivity (Wildman–Crippen MR) is 82.6 cm³/mol. The maximum Gasteiger partial charge on any atom is 0.369 e. The molecule has 0 unspecified atom stereocenters. The number of esters is 1. The van der Waals surface area contributed by atoms with E-state index in [2.05, 4.69) is 30.4 Å². The molecule has 0 aliphatic rings. The highest BCUT2D eigenvalue weighted by Crippen LogP contribution is 2.11. The highest BCUT2D eigenvalue weighted by molar-refractivity contribution is 7.17. The van der Waals surface area contributed by atoms with E-state index in [1.54, 1.807) is 6.92 Å². The second-order valence-corrected chi connectivity index (χ2v) is 5.49. The van der Waals surface area contributed by atoms with Crippen LogP contribution in [0.5, 0.6) is 0 Å². The Morgan fingerprint density at radius 2 is 1.59 bits per heavy atom. The van der Waals surface area contributed by atoms with Gasteiger partial charge in [0.2, 0.25) is 20.3 Å². The quantitative estimate of drug-likeness (QED) is 0.656. The Morgan fingerprint density at radius 3 is 2.00 bits per heavy atom. The number of nitrogen functional groups attached to an aromatic ring is 2. The van der Waals surface area contributed by atoms with Crippen LogP contribution >= 0.6 is 22.7 Å². The summed E-state index contributed by atoms with van der Waals surface area (Å²) in [7, 11) is 0. The maximum absolute atomic E-state index is 11.0. The maximum atomic E-state index is 11.0. The van der Waals surface area contributed by atoms with Crippen LogP contribution < -0.4 is 16.8 Å². The number of hydrogen-bond donors (Lipinski definition) is 3. The first-order valence-corrected chi connectivity index (χ1v) is 7.74. The van der Waals surface area contributed by atoms with Crippen LogP contribution in [0.25, 0.3) is 0 Å². The fourth-order valence-electron chi connectivity index (χ4n) is 1.07. The molecule has 0 spiro atoms. The van der Waals surface area contributed by atoms with E-state index in [0.29, 0.717) is 23.3 Å². The molecule has 0 aliphatic heterocycles. The van der Waals surface area contributed by atoms with Gasteiger partial charge in [0, 0.05) is 6.54 Å². The summed E-state index contributed by atoms with van der Waals surface area (Å²) in [5.74, 6) is -0.691. The largest absolute Gasteiger partial charge is 0.461 e. The van der Waals surface area contributed by atoms with Gasteiger partial charge in [0.15, 0.2) is 0 Å². The Bertz CT molecular complexity index is 573. The Morgan fingerprint density at radius 1 is 1.05 bits per heavy atom. The van der Waals surface area contributed by atoms with Crippen molar-refractivity contribution in [3.05, 3.63) is 10.0 Å². The second-order valence-electron chi connectivity index (χ2n) is 3.47. The molecule has 0 saturated carbocycles. The number of amides is 1. The molecule has 5 N–H and O–H groups in total. The normalized spacial score (nSPS) is 9.55. The molecule has 0 aromatic carbocycles. The summed E-state index contributed by atoms with van der Waals surface area (Å²) in [5, 5.41) is 17.7. The van der Waals surface area contributed by atoms with E-state index >= 15 is 0 Å². The van der Waals surface area contributed by atoms with Crippen molar-refractivity contribution in [3.63, 3.8) is 0 Å². The molecule has 2 heterocycles.